The van der Waals surface area contributed by atoms with Gasteiger partial charge in [-0.25, -0.2) is 0 Å². The van der Waals surface area contributed by atoms with Crippen LogP contribution in [0.3, 0.4) is 0 Å². The summed E-state index contributed by atoms with van der Waals surface area (Å²) in [7, 11) is 0. The smallest absolute Gasteiger partial charge is 0.324 e. The van der Waals surface area contributed by atoms with Crippen LogP contribution in [0.1, 0.15) is 52.9 Å². The second kappa shape index (κ2) is 8.00. The molecule has 0 aliphatic heterocycles. The van der Waals surface area contributed by atoms with Crippen molar-refractivity contribution in [2.45, 2.75) is 59.0 Å². The highest BCUT2D eigenvalue weighted by Crippen LogP contribution is 2.27. The predicted molar refractivity (Wildman–Crippen MR) is 81.8 cm³/mol. The lowest BCUT2D eigenvalue weighted by atomic mass is 9.88. The number of nitrogens with one attached hydrogen (secondary N) is 1. The van der Waals surface area contributed by atoms with Crippen LogP contribution in [0, 0.1) is 5.92 Å². The summed E-state index contributed by atoms with van der Waals surface area (Å²) in [6.07, 6.45) is 5.86. The van der Waals surface area contributed by atoms with E-state index in [1.807, 2.05) is 13.8 Å². The third-order valence-electron chi connectivity index (χ3n) is 3.65. The zero-order valence-electron chi connectivity index (χ0n) is 13.3. The number of ether oxygens (including phenoxy) is 2. The van der Waals surface area contributed by atoms with Gasteiger partial charge in [0, 0.05) is 6.54 Å². The second-order valence-corrected chi connectivity index (χ2v) is 5.52. The van der Waals surface area contributed by atoms with E-state index < -0.39 is 0 Å². The number of rotatable bonds is 7. The van der Waals surface area contributed by atoms with Gasteiger partial charge < -0.3 is 14.8 Å². The van der Waals surface area contributed by atoms with Crippen LogP contribution < -0.4 is 14.8 Å². The highest BCUT2D eigenvalue weighted by atomic mass is 16.5. The molecule has 21 heavy (non-hydrogen) atoms. The van der Waals surface area contributed by atoms with Gasteiger partial charge in [0.1, 0.15) is 6.10 Å². The Hall–Kier alpha value is -1.59. The Bertz CT molecular complexity index is 442. The van der Waals surface area contributed by atoms with Gasteiger partial charge in [0.2, 0.25) is 5.95 Å². The van der Waals surface area contributed by atoms with Gasteiger partial charge in [-0.1, -0.05) is 20.3 Å². The summed E-state index contributed by atoms with van der Waals surface area (Å²) in [5.41, 5.74) is 0. The van der Waals surface area contributed by atoms with Crippen LogP contribution in [-0.2, 0) is 0 Å². The standard InChI is InChI=1S/C15H26N4O2/c1-4-10-20-14-17-13(16-5-2)18-15(19-14)21-12-9-7-6-8-11(12)3/h11-12H,4-10H2,1-3H3,(H,16,17,18,19). The molecule has 2 unspecified atom stereocenters. The zero-order chi connectivity index (χ0) is 15.1. The van der Waals surface area contributed by atoms with E-state index >= 15 is 0 Å². The second-order valence-electron chi connectivity index (χ2n) is 5.52. The molecule has 1 aliphatic carbocycles. The maximum Gasteiger partial charge on any atom is 0.324 e. The van der Waals surface area contributed by atoms with Crippen molar-refractivity contribution in [1.82, 2.24) is 15.0 Å². The fourth-order valence-corrected chi connectivity index (χ4v) is 2.48. The Morgan fingerprint density at radius 2 is 1.86 bits per heavy atom. The Balaban J connectivity index is 2.10. The number of hydrogen-bond acceptors (Lipinski definition) is 6. The van der Waals surface area contributed by atoms with E-state index in [0.717, 1.165) is 19.4 Å². The molecular formula is C15H26N4O2. The molecule has 0 saturated heterocycles. The zero-order valence-corrected chi connectivity index (χ0v) is 13.3. The molecule has 1 aromatic heterocycles. The van der Waals surface area contributed by atoms with Gasteiger partial charge in [0.05, 0.1) is 6.61 Å². The van der Waals surface area contributed by atoms with E-state index in [0.29, 0.717) is 30.5 Å². The average Bonchev–Trinajstić information content (AvgIpc) is 2.48. The van der Waals surface area contributed by atoms with Crippen LogP contribution in [-0.4, -0.2) is 34.2 Å². The van der Waals surface area contributed by atoms with Gasteiger partial charge in [0.15, 0.2) is 0 Å². The van der Waals surface area contributed by atoms with Crippen molar-refractivity contribution in [3.05, 3.63) is 0 Å². The minimum Gasteiger partial charge on any atom is -0.463 e. The summed E-state index contributed by atoms with van der Waals surface area (Å²) in [4.78, 5) is 12.8. The summed E-state index contributed by atoms with van der Waals surface area (Å²) in [5.74, 6) is 1.05. The Labute approximate surface area is 126 Å². The number of anilines is 1. The number of aromatic nitrogens is 3. The van der Waals surface area contributed by atoms with Gasteiger partial charge in [-0.2, -0.15) is 9.97 Å². The van der Waals surface area contributed by atoms with Gasteiger partial charge in [-0.3, -0.25) is 0 Å². The van der Waals surface area contributed by atoms with Crippen LogP contribution in [0.4, 0.5) is 5.95 Å². The van der Waals surface area contributed by atoms with Crippen molar-refractivity contribution in [2.75, 3.05) is 18.5 Å². The average molecular weight is 294 g/mol. The van der Waals surface area contributed by atoms with E-state index in [1.54, 1.807) is 0 Å². The van der Waals surface area contributed by atoms with Crippen molar-refractivity contribution in [3.8, 4) is 12.0 Å². The van der Waals surface area contributed by atoms with Gasteiger partial charge in [0.25, 0.3) is 0 Å². The molecule has 1 N–H and O–H groups in total. The van der Waals surface area contributed by atoms with Crippen molar-refractivity contribution in [3.63, 3.8) is 0 Å². The SMILES string of the molecule is CCCOc1nc(NCC)nc(OC2CCCCC2C)n1. The normalized spacial score (nSPS) is 21.9. The number of hydrogen-bond donors (Lipinski definition) is 1. The van der Waals surface area contributed by atoms with Crippen LogP contribution in [0.15, 0.2) is 0 Å². The minimum atomic E-state index is 0.189. The molecule has 1 heterocycles. The molecule has 0 radical (unpaired) electrons. The first-order chi connectivity index (χ1) is 10.2. The molecule has 1 aromatic rings. The minimum absolute atomic E-state index is 0.189. The molecule has 6 heteroatoms. The van der Waals surface area contributed by atoms with Crippen molar-refractivity contribution in [2.24, 2.45) is 5.92 Å². The van der Waals surface area contributed by atoms with Gasteiger partial charge in [-0.15, -0.1) is 4.98 Å². The summed E-state index contributed by atoms with van der Waals surface area (Å²) in [6.45, 7) is 7.61. The first-order valence-corrected chi connectivity index (χ1v) is 8.02. The molecule has 2 rings (SSSR count). The molecule has 6 nitrogen and oxygen atoms in total. The van der Waals surface area contributed by atoms with Crippen molar-refractivity contribution >= 4 is 5.95 Å². The quantitative estimate of drug-likeness (QED) is 0.833. The highest BCUT2D eigenvalue weighted by Gasteiger charge is 2.24. The molecular weight excluding hydrogens is 268 g/mol. The fourth-order valence-electron chi connectivity index (χ4n) is 2.48. The van der Waals surface area contributed by atoms with Crippen molar-refractivity contribution < 1.29 is 9.47 Å². The van der Waals surface area contributed by atoms with Crippen LogP contribution in [0.5, 0.6) is 12.0 Å². The Morgan fingerprint density at radius 1 is 1.10 bits per heavy atom. The first-order valence-electron chi connectivity index (χ1n) is 8.02. The maximum atomic E-state index is 5.99. The first kappa shape index (κ1) is 15.8. The summed E-state index contributed by atoms with van der Waals surface area (Å²) in [5, 5.41) is 3.09. The molecule has 1 aliphatic rings. The monoisotopic (exact) mass is 294 g/mol. The summed E-state index contributed by atoms with van der Waals surface area (Å²) < 4.78 is 11.5. The van der Waals surface area contributed by atoms with E-state index in [1.165, 1.54) is 19.3 Å². The lowest BCUT2D eigenvalue weighted by Crippen LogP contribution is -2.29. The van der Waals surface area contributed by atoms with E-state index in [2.05, 4.69) is 27.2 Å². The highest BCUT2D eigenvalue weighted by molar-refractivity contribution is 5.27. The Morgan fingerprint density at radius 3 is 2.57 bits per heavy atom. The Kier molecular flexibility index (Phi) is 6.02. The number of nitrogens with zero attached hydrogens (tertiary/aromatic N) is 3. The van der Waals surface area contributed by atoms with Gasteiger partial charge in [-0.05, 0) is 38.5 Å². The molecule has 1 fully saturated rings. The molecule has 0 amide bonds. The van der Waals surface area contributed by atoms with Gasteiger partial charge >= 0.3 is 12.0 Å². The summed E-state index contributed by atoms with van der Waals surface area (Å²) >= 11 is 0. The third-order valence-corrected chi connectivity index (χ3v) is 3.65. The molecule has 2 atom stereocenters. The lowest BCUT2D eigenvalue weighted by molar-refractivity contribution is 0.0908. The molecule has 1 saturated carbocycles. The van der Waals surface area contributed by atoms with E-state index in [-0.39, 0.29) is 6.10 Å². The van der Waals surface area contributed by atoms with Crippen LogP contribution in [0.2, 0.25) is 0 Å². The lowest BCUT2D eigenvalue weighted by Gasteiger charge is -2.28. The topological polar surface area (TPSA) is 69.2 Å². The molecule has 118 valence electrons. The van der Waals surface area contributed by atoms with E-state index in [9.17, 15) is 0 Å². The third kappa shape index (κ3) is 4.72. The largest absolute Gasteiger partial charge is 0.463 e. The summed E-state index contributed by atoms with van der Waals surface area (Å²) in [6, 6.07) is 0.701. The molecule has 0 spiro atoms. The predicted octanol–water partition coefficient (Wildman–Crippen LogP) is 3.05. The molecule has 0 aromatic carbocycles. The fraction of sp³-hybridized carbons (Fsp3) is 0.800. The molecule has 0 bridgehead atoms. The maximum absolute atomic E-state index is 5.99. The van der Waals surface area contributed by atoms with Crippen LogP contribution in [0.25, 0.3) is 0 Å². The van der Waals surface area contributed by atoms with E-state index in [4.69, 9.17) is 9.47 Å². The van der Waals surface area contributed by atoms with Crippen molar-refractivity contribution in [1.29, 1.82) is 0 Å². The van der Waals surface area contributed by atoms with Crippen LogP contribution >= 0.6 is 0 Å².